The van der Waals surface area contributed by atoms with Gasteiger partial charge in [-0.2, -0.15) is 0 Å². The SMILES string of the molecule is CCCNCC.CNCCC(N)N. The summed E-state index contributed by atoms with van der Waals surface area (Å²) >= 11 is 0. The highest BCUT2D eigenvalue weighted by atomic mass is 14.9. The second-order valence-electron chi connectivity index (χ2n) is 2.91. The van der Waals surface area contributed by atoms with Crippen LogP contribution >= 0.6 is 0 Å². The molecule has 82 valence electrons. The predicted octanol–water partition coefficient (Wildman–Crippen LogP) is -0.155. The molecule has 0 saturated carbocycles. The van der Waals surface area contributed by atoms with E-state index in [4.69, 9.17) is 11.5 Å². The predicted molar refractivity (Wildman–Crippen MR) is 59.5 cm³/mol. The van der Waals surface area contributed by atoms with E-state index >= 15 is 0 Å². The quantitative estimate of drug-likeness (QED) is 0.347. The van der Waals surface area contributed by atoms with E-state index in [0.29, 0.717) is 0 Å². The second-order valence-corrected chi connectivity index (χ2v) is 2.91. The van der Waals surface area contributed by atoms with Crippen molar-refractivity contribution in [1.29, 1.82) is 0 Å². The van der Waals surface area contributed by atoms with Gasteiger partial charge >= 0.3 is 0 Å². The van der Waals surface area contributed by atoms with Gasteiger partial charge in [-0.05, 0) is 39.5 Å². The Morgan fingerprint density at radius 2 is 1.77 bits per heavy atom. The molecular formula is C9H26N4. The fraction of sp³-hybridized carbons (Fsp3) is 1.00. The third-order valence-electron chi connectivity index (χ3n) is 1.40. The highest BCUT2D eigenvalue weighted by molar-refractivity contribution is 4.50. The molecule has 0 aliphatic heterocycles. The van der Waals surface area contributed by atoms with Crippen LogP contribution < -0.4 is 22.1 Å². The maximum Gasteiger partial charge on any atom is 0.0533 e. The summed E-state index contributed by atoms with van der Waals surface area (Å²) in [4.78, 5) is 0. The van der Waals surface area contributed by atoms with Crippen molar-refractivity contribution in [3.63, 3.8) is 0 Å². The average molecular weight is 190 g/mol. The first-order chi connectivity index (χ1) is 6.18. The molecule has 0 bridgehead atoms. The summed E-state index contributed by atoms with van der Waals surface area (Å²) in [5, 5.41) is 6.14. The van der Waals surface area contributed by atoms with Crippen molar-refractivity contribution in [3.05, 3.63) is 0 Å². The number of nitrogens with one attached hydrogen (secondary N) is 2. The molecule has 0 aliphatic carbocycles. The molecule has 13 heavy (non-hydrogen) atoms. The van der Waals surface area contributed by atoms with Crippen LogP contribution in [0.15, 0.2) is 0 Å². The third kappa shape index (κ3) is 24.5. The van der Waals surface area contributed by atoms with Gasteiger partial charge in [0, 0.05) is 0 Å². The number of hydrogen-bond acceptors (Lipinski definition) is 4. The Hall–Kier alpha value is -0.160. The number of hydrogen-bond donors (Lipinski definition) is 4. The number of rotatable bonds is 6. The lowest BCUT2D eigenvalue weighted by atomic mass is 10.4. The highest BCUT2D eigenvalue weighted by Crippen LogP contribution is 1.71. The standard InChI is InChI=1S/C5H13N.C4H13N3/c1-3-5-6-4-2;1-7-3-2-4(5)6/h6H,3-5H2,1-2H3;4,7H,2-3,5-6H2,1H3. The molecule has 0 radical (unpaired) electrons. The van der Waals surface area contributed by atoms with Crippen molar-refractivity contribution in [1.82, 2.24) is 10.6 Å². The molecular weight excluding hydrogens is 164 g/mol. The van der Waals surface area contributed by atoms with Gasteiger partial charge in [-0.1, -0.05) is 13.8 Å². The van der Waals surface area contributed by atoms with E-state index in [2.05, 4.69) is 24.5 Å². The molecule has 0 amide bonds. The summed E-state index contributed by atoms with van der Waals surface area (Å²) in [5.41, 5.74) is 10.4. The normalized spacial score (nSPS) is 9.69. The van der Waals surface area contributed by atoms with Crippen LogP contribution in [0.25, 0.3) is 0 Å². The van der Waals surface area contributed by atoms with E-state index in [-0.39, 0.29) is 6.17 Å². The first kappa shape index (κ1) is 15.3. The molecule has 0 aromatic carbocycles. The molecule has 0 atom stereocenters. The Balaban J connectivity index is 0. The minimum atomic E-state index is -0.160. The topological polar surface area (TPSA) is 76.1 Å². The van der Waals surface area contributed by atoms with E-state index in [9.17, 15) is 0 Å². The van der Waals surface area contributed by atoms with Gasteiger partial charge < -0.3 is 22.1 Å². The lowest BCUT2D eigenvalue weighted by Gasteiger charge is -2.01. The van der Waals surface area contributed by atoms with Crippen molar-refractivity contribution in [2.75, 3.05) is 26.7 Å². The lowest BCUT2D eigenvalue weighted by molar-refractivity contribution is 0.607. The first-order valence-electron chi connectivity index (χ1n) is 5.05. The summed E-state index contributed by atoms with van der Waals surface area (Å²) in [6.45, 7) is 7.46. The van der Waals surface area contributed by atoms with Crippen LogP contribution in [0.5, 0.6) is 0 Å². The highest BCUT2D eigenvalue weighted by Gasteiger charge is 1.88. The maximum atomic E-state index is 5.22. The monoisotopic (exact) mass is 190 g/mol. The fourth-order valence-electron chi connectivity index (χ4n) is 0.665. The van der Waals surface area contributed by atoms with E-state index < -0.39 is 0 Å². The molecule has 0 heterocycles. The molecule has 0 aliphatic rings. The summed E-state index contributed by atoms with van der Waals surface area (Å²) in [6.07, 6.45) is 1.93. The van der Waals surface area contributed by atoms with Crippen LogP contribution in [-0.2, 0) is 0 Å². The molecule has 0 fully saturated rings. The zero-order chi connectivity index (χ0) is 10.5. The van der Waals surface area contributed by atoms with Gasteiger partial charge in [0.25, 0.3) is 0 Å². The summed E-state index contributed by atoms with van der Waals surface area (Å²) < 4.78 is 0. The smallest absolute Gasteiger partial charge is 0.0533 e. The van der Waals surface area contributed by atoms with Crippen molar-refractivity contribution in [2.24, 2.45) is 11.5 Å². The number of nitrogens with two attached hydrogens (primary N) is 2. The molecule has 0 spiro atoms. The minimum absolute atomic E-state index is 0.160. The van der Waals surface area contributed by atoms with Crippen molar-refractivity contribution >= 4 is 0 Å². The van der Waals surface area contributed by atoms with Crippen molar-refractivity contribution in [3.8, 4) is 0 Å². The van der Waals surface area contributed by atoms with Gasteiger partial charge in [0.15, 0.2) is 0 Å². The lowest BCUT2D eigenvalue weighted by Crippen LogP contribution is -2.33. The van der Waals surface area contributed by atoms with E-state index in [1.54, 1.807) is 0 Å². The van der Waals surface area contributed by atoms with Gasteiger partial charge in [-0.15, -0.1) is 0 Å². The molecule has 0 saturated heterocycles. The molecule has 0 rings (SSSR count). The van der Waals surface area contributed by atoms with E-state index in [1.165, 1.54) is 6.42 Å². The van der Waals surface area contributed by atoms with Gasteiger partial charge in [0.1, 0.15) is 0 Å². The van der Waals surface area contributed by atoms with Crippen LogP contribution in [0, 0.1) is 0 Å². The fourth-order valence-corrected chi connectivity index (χ4v) is 0.665. The molecule has 0 aromatic rings. The van der Waals surface area contributed by atoms with Crippen LogP contribution in [-0.4, -0.2) is 32.8 Å². The first-order valence-corrected chi connectivity index (χ1v) is 5.05. The summed E-state index contributed by atoms with van der Waals surface area (Å²) in [5.74, 6) is 0. The third-order valence-corrected chi connectivity index (χ3v) is 1.40. The summed E-state index contributed by atoms with van der Waals surface area (Å²) in [6, 6.07) is 0. The Morgan fingerprint density at radius 3 is 1.92 bits per heavy atom. The Morgan fingerprint density at radius 1 is 1.15 bits per heavy atom. The maximum absolute atomic E-state index is 5.22. The van der Waals surface area contributed by atoms with Crippen LogP contribution in [0.1, 0.15) is 26.7 Å². The van der Waals surface area contributed by atoms with E-state index in [1.807, 2.05) is 7.05 Å². The zero-order valence-electron chi connectivity index (χ0n) is 9.27. The Bertz CT molecular complexity index is 72.0. The molecule has 0 unspecified atom stereocenters. The average Bonchev–Trinajstić information content (AvgIpc) is 2.12. The molecule has 0 aromatic heterocycles. The van der Waals surface area contributed by atoms with Gasteiger partial charge in [-0.25, -0.2) is 0 Å². The Labute approximate surface area is 82.4 Å². The summed E-state index contributed by atoms with van der Waals surface area (Å²) in [7, 11) is 1.88. The van der Waals surface area contributed by atoms with Crippen molar-refractivity contribution < 1.29 is 0 Å². The second kappa shape index (κ2) is 14.4. The Kier molecular flexibility index (Phi) is 16.9. The van der Waals surface area contributed by atoms with Crippen molar-refractivity contribution in [2.45, 2.75) is 32.9 Å². The van der Waals surface area contributed by atoms with Gasteiger partial charge in [0.05, 0.1) is 6.17 Å². The van der Waals surface area contributed by atoms with Gasteiger partial charge in [0.2, 0.25) is 0 Å². The molecule has 4 heteroatoms. The zero-order valence-corrected chi connectivity index (χ0v) is 9.27. The van der Waals surface area contributed by atoms with Gasteiger partial charge in [-0.3, -0.25) is 0 Å². The van der Waals surface area contributed by atoms with Crippen LogP contribution in [0.4, 0.5) is 0 Å². The van der Waals surface area contributed by atoms with E-state index in [0.717, 1.165) is 26.1 Å². The molecule has 6 N–H and O–H groups in total. The van der Waals surface area contributed by atoms with Crippen LogP contribution in [0.3, 0.4) is 0 Å². The van der Waals surface area contributed by atoms with Crippen LogP contribution in [0.2, 0.25) is 0 Å². The largest absolute Gasteiger partial charge is 0.320 e. The minimum Gasteiger partial charge on any atom is -0.320 e. The molecule has 4 nitrogen and oxygen atoms in total.